The Morgan fingerprint density at radius 2 is 0.846 bits per heavy atom. The smallest absolute Gasteiger partial charge is 0.0771 e. The van der Waals surface area contributed by atoms with Gasteiger partial charge in [0.25, 0.3) is 0 Å². The van der Waals surface area contributed by atoms with Crippen molar-refractivity contribution >= 4 is 37.6 Å². The van der Waals surface area contributed by atoms with Crippen molar-refractivity contribution in [2.45, 2.75) is 51.9 Å². The number of para-hydroxylation sites is 2. The van der Waals surface area contributed by atoms with Gasteiger partial charge in [0.1, 0.15) is 0 Å². The van der Waals surface area contributed by atoms with Crippen molar-refractivity contribution in [3.05, 3.63) is 60.7 Å². The van der Waals surface area contributed by atoms with Crippen LogP contribution in [0.1, 0.15) is 41.5 Å². The second-order valence-electron chi connectivity index (χ2n) is 8.51. The lowest BCUT2D eigenvalue weighted by Crippen LogP contribution is -2.36. The molecule has 0 radical (unpaired) electrons. The van der Waals surface area contributed by atoms with Gasteiger partial charge >= 0.3 is 0 Å². The topological polar surface area (TPSA) is 24.7 Å². The second kappa shape index (κ2) is 7.34. The van der Waals surface area contributed by atoms with E-state index < -0.39 is 15.8 Å². The molecule has 1 heterocycles. The fourth-order valence-electron chi connectivity index (χ4n) is 2.97. The number of hydrogen-bond acceptors (Lipinski definition) is 2. The molecule has 0 aromatic heterocycles. The lowest BCUT2D eigenvalue weighted by molar-refractivity contribution is 0.788. The molecule has 2 nitrogen and oxygen atoms in total. The van der Waals surface area contributed by atoms with Gasteiger partial charge in [-0.3, -0.25) is 0 Å². The summed E-state index contributed by atoms with van der Waals surface area (Å²) in [6.07, 6.45) is 0. The molecular formula is C22H28N2P2. The van der Waals surface area contributed by atoms with Crippen molar-refractivity contribution in [3.63, 3.8) is 0 Å². The highest BCUT2D eigenvalue weighted by Gasteiger charge is 2.54. The fourth-order valence-corrected chi connectivity index (χ4v) is 12.2. The summed E-state index contributed by atoms with van der Waals surface area (Å²) in [5.74, 6) is 0. The van der Waals surface area contributed by atoms with Crippen LogP contribution in [0.2, 0.25) is 0 Å². The molecule has 0 atom stereocenters. The van der Waals surface area contributed by atoms with E-state index in [9.17, 15) is 0 Å². The first kappa shape index (κ1) is 19.4. The minimum atomic E-state index is -0.488. The lowest BCUT2D eigenvalue weighted by atomic mass is 10.3. The van der Waals surface area contributed by atoms with Gasteiger partial charge in [0.2, 0.25) is 0 Å². The Labute approximate surface area is 160 Å². The summed E-state index contributed by atoms with van der Waals surface area (Å²) in [6.45, 7) is 14.0. The largest absolute Gasteiger partial charge is 0.248 e. The van der Waals surface area contributed by atoms with E-state index >= 15 is 0 Å². The molecule has 136 valence electrons. The average molecular weight is 382 g/mol. The minimum Gasteiger partial charge on any atom is -0.248 e. The van der Waals surface area contributed by atoms with Gasteiger partial charge in [0.15, 0.2) is 0 Å². The van der Waals surface area contributed by atoms with Gasteiger partial charge in [-0.25, -0.2) is 9.98 Å². The normalized spacial score (nSPS) is 20.5. The Hall–Kier alpha value is -1.36. The molecule has 0 amide bonds. The van der Waals surface area contributed by atoms with Gasteiger partial charge in [0.05, 0.1) is 21.8 Å². The average Bonchev–Trinajstić information content (AvgIpc) is 2.52. The van der Waals surface area contributed by atoms with Gasteiger partial charge < -0.3 is 0 Å². The highest BCUT2D eigenvalue weighted by Crippen LogP contribution is 2.81. The quantitative estimate of drug-likeness (QED) is 0.471. The predicted molar refractivity (Wildman–Crippen MR) is 120 cm³/mol. The number of benzene rings is 2. The predicted octanol–water partition coefficient (Wildman–Crippen LogP) is 7.94. The minimum absolute atomic E-state index is 0.167. The van der Waals surface area contributed by atoms with Gasteiger partial charge in [-0.05, 0) is 34.6 Å². The van der Waals surface area contributed by atoms with Gasteiger partial charge in [0, 0.05) is 15.8 Å². The first-order chi connectivity index (χ1) is 12.2. The number of aliphatic imine (C=N–C) groups is 2. The van der Waals surface area contributed by atoms with Crippen LogP contribution < -0.4 is 0 Å². The Bertz CT molecular complexity index is 729. The summed E-state index contributed by atoms with van der Waals surface area (Å²) in [4.78, 5) is 10.3. The van der Waals surface area contributed by atoms with E-state index in [0.29, 0.717) is 0 Å². The molecule has 0 saturated carbocycles. The zero-order valence-corrected chi connectivity index (χ0v) is 18.4. The van der Waals surface area contributed by atoms with Crippen LogP contribution in [0.25, 0.3) is 0 Å². The van der Waals surface area contributed by atoms with Crippen molar-refractivity contribution in [1.29, 1.82) is 0 Å². The van der Waals surface area contributed by atoms with E-state index in [1.807, 2.05) is 12.1 Å². The van der Waals surface area contributed by atoms with Crippen LogP contribution in [0.15, 0.2) is 70.6 Å². The lowest BCUT2D eigenvalue weighted by Gasteiger charge is -2.51. The first-order valence-corrected chi connectivity index (χ1v) is 11.7. The van der Waals surface area contributed by atoms with Crippen molar-refractivity contribution < 1.29 is 0 Å². The van der Waals surface area contributed by atoms with Crippen molar-refractivity contribution in [3.8, 4) is 0 Å². The van der Waals surface area contributed by atoms with Crippen LogP contribution in [0.5, 0.6) is 0 Å². The van der Waals surface area contributed by atoms with E-state index in [4.69, 9.17) is 9.98 Å². The molecule has 4 heteroatoms. The molecule has 1 aliphatic heterocycles. The standard InChI is InChI=1S/C22H28N2P2/c1-21(2,3)25-19(23-17-13-9-7-10-14-17)26(22(4,5)6)20(25)24-18-15-11-8-12-16-18/h7-16H,1-6H3. The van der Waals surface area contributed by atoms with E-state index in [2.05, 4.69) is 90.1 Å². The molecule has 1 saturated heterocycles. The molecule has 0 N–H and O–H groups in total. The maximum atomic E-state index is 5.15. The summed E-state index contributed by atoms with van der Waals surface area (Å²) in [5.41, 5.74) is 2.13. The maximum absolute atomic E-state index is 5.15. The zero-order valence-electron chi connectivity index (χ0n) is 16.6. The van der Waals surface area contributed by atoms with E-state index in [1.54, 1.807) is 0 Å². The molecule has 0 spiro atoms. The summed E-state index contributed by atoms with van der Waals surface area (Å²) in [6, 6.07) is 20.8. The van der Waals surface area contributed by atoms with Crippen LogP contribution in [-0.4, -0.2) is 20.7 Å². The van der Waals surface area contributed by atoms with Crippen molar-refractivity contribution in [2.24, 2.45) is 9.98 Å². The third-order valence-corrected chi connectivity index (χ3v) is 11.2. The molecule has 3 rings (SSSR count). The summed E-state index contributed by atoms with van der Waals surface area (Å²) < 4.78 is 0. The zero-order chi connectivity index (χ0) is 18.9. The van der Waals surface area contributed by atoms with Gasteiger partial charge in [-0.2, -0.15) is 0 Å². The molecule has 1 fully saturated rings. The monoisotopic (exact) mass is 382 g/mol. The SMILES string of the molecule is CC(C)(C)P1C(=Nc2ccccc2)P(C(C)(C)C)C1=Nc1ccccc1. The van der Waals surface area contributed by atoms with Crippen molar-refractivity contribution in [2.75, 3.05) is 0 Å². The van der Waals surface area contributed by atoms with Gasteiger partial charge in [-0.15, -0.1) is 0 Å². The van der Waals surface area contributed by atoms with Crippen LogP contribution in [-0.2, 0) is 0 Å². The molecule has 0 aliphatic carbocycles. The number of rotatable bonds is 2. The fraction of sp³-hybridized carbons (Fsp3) is 0.364. The van der Waals surface area contributed by atoms with E-state index in [0.717, 1.165) is 11.4 Å². The summed E-state index contributed by atoms with van der Waals surface area (Å²) >= 11 is 0. The highest BCUT2D eigenvalue weighted by atomic mass is 31.2. The molecule has 2 aromatic rings. The number of nitrogens with zero attached hydrogens (tertiary/aromatic N) is 2. The Morgan fingerprint density at radius 3 is 1.12 bits per heavy atom. The Balaban J connectivity index is 2.11. The highest BCUT2D eigenvalue weighted by molar-refractivity contribution is 8.35. The van der Waals surface area contributed by atoms with Crippen LogP contribution in [0.3, 0.4) is 0 Å². The molecule has 0 bridgehead atoms. The first-order valence-electron chi connectivity index (χ1n) is 9.06. The van der Waals surface area contributed by atoms with Crippen LogP contribution in [0.4, 0.5) is 11.4 Å². The molecule has 1 aliphatic rings. The summed E-state index contributed by atoms with van der Waals surface area (Å²) in [7, 11) is -0.976. The van der Waals surface area contributed by atoms with Gasteiger partial charge in [-0.1, -0.05) is 77.9 Å². The van der Waals surface area contributed by atoms with E-state index in [-0.39, 0.29) is 10.3 Å². The molecule has 0 unspecified atom stereocenters. The van der Waals surface area contributed by atoms with E-state index in [1.165, 1.54) is 10.4 Å². The third-order valence-electron chi connectivity index (χ3n) is 4.11. The molecule has 26 heavy (non-hydrogen) atoms. The van der Waals surface area contributed by atoms with Crippen LogP contribution >= 0.6 is 15.8 Å². The molecule has 2 aromatic carbocycles. The Morgan fingerprint density at radius 1 is 0.538 bits per heavy atom. The second-order valence-corrected chi connectivity index (χ2v) is 14.9. The van der Waals surface area contributed by atoms with Crippen LogP contribution in [0, 0.1) is 0 Å². The van der Waals surface area contributed by atoms with Crippen molar-refractivity contribution in [1.82, 2.24) is 0 Å². The molecular weight excluding hydrogens is 354 g/mol. The Kier molecular flexibility index (Phi) is 5.48. The number of hydrogen-bond donors (Lipinski definition) is 0. The maximum Gasteiger partial charge on any atom is 0.0771 e. The summed E-state index contributed by atoms with van der Waals surface area (Å²) in [5, 5.41) is 3.13. The third kappa shape index (κ3) is 4.13.